The van der Waals surface area contributed by atoms with Crippen molar-refractivity contribution in [1.82, 2.24) is 15.2 Å². The van der Waals surface area contributed by atoms with Gasteiger partial charge in [-0.2, -0.15) is 13.2 Å². The van der Waals surface area contributed by atoms with Crippen LogP contribution in [0.3, 0.4) is 0 Å². The number of rotatable bonds is 1. The maximum atomic E-state index is 12.6. The highest BCUT2D eigenvalue weighted by Gasteiger charge is 2.38. The van der Waals surface area contributed by atoms with Gasteiger partial charge in [-0.1, -0.05) is 18.2 Å². The second-order valence-corrected chi connectivity index (χ2v) is 6.75. The Morgan fingerprint density at radius 2 is 1.89 bits per heavy atom. The summed E-state index contributed by atoms with van der Waals surface area (Å²) in [7, 11) is 0. The predicted molar refractivity (Wildman–Crippen MR) is 92.4 cm³/mol. The molecule has 4 rings (SSSR count). The second kappa shape index (κ2) is 7.59. The standard InChI is InChI=1S/C16H19N3O.C2HF3O2/c20-16(14-8-11-4-1-2-6-13(11)18-14)19-9-12-5-3-7-17-15(12)10-19;3-2(4,5)1(6)7/h1-2,4,6,8,12,15,17-18H,3,5,7,9-10H2;(H,6,7). The summed E-state index contributed by atoms with van der Waals surface area (Å²) < 4.78 is 31.7. The minimum Gasteiger partial charge on any atom is -0.475 e. The number of nitrogens with one attached hydrogen (secondary N) is 2. The molecule has 2 atom stereocenters. The van der Waals surface area contributed by atoms with Crippen LogP contribution in [0.25, 0.3) is 10.9 Å². The van der Waals surface area contributed by atoms with E-state index >= 15 is 0 Å². The fourth-order valence-corrected chi connectivity index (χ4v) is 3.57. The van der Waals surface area contributed by atoms with E-state index in [1.807, 2.05) is 35.2 Å². The minimum absolute atomic E-state index is 0.136. The fraction of sp³-hybridized carbons (Fsp3) is 0.444. The Labute approximate surface area is 153 Å². The number of aliphatic carboxylic acids is 1. The summed E-state index contributed by atoms with van der Waals surface area (Å²) >= 11 is 0. The Morgan fingerprint density at radius 3 is 2.52 bits per heavy atom. The summed E-state index contributed by atoms with van der Waals surface area (Å²) in [5.41, 5.74) is 1.75. The number of carboxylic acid groups (broad SMARTS) is 1. The van der Waals surface area contributed by atoms with E-state index in [2.05, 4.69) is 10.3 Å². The van der Waals surface area contributed by atoms with Crippen LogP contribution < -0.4 is 5.32 Å². The first kappa shape index (κ1) is 19.2. The molecule has 2 fully saturated rings. The monoisotopic (exact) mass is 383 g/mol. The normalized spacial score (nSPS) is 22.1. The molecule has 27 heavy (non-hydrogen) atoms. The maximum absolute atomic E-state index is 12.6. The van der Waals surface area contributed by atoms with Crippen molar-refractivity contribution in [2.45, 2.75) is 25.1 Å². The highest BCUT2D eigenvalue weighted by Crippen LogP contribution is 2.26. The lowest BCUT2D eigenvalue weighted by atomic mass is 9.94. The molecule has 0 spiro atoms. The summed E-state index contributed by atoms with van der Waals surface area (Å²) in [6.45, 7) is 2.83. The molecular weight excluding hydrogens is 363 g/mol. The summed E-state index contributed by atoms with van der Waals surface area (Å²) in [5.74, 6) is -1.98. The number of aromatic amines is 1. The molecule has 3 heterocycles. The van der Waals surface area contributed by atoms with Crippen LogP contribution >= 0.6 is 0 Å². The molecule has 3 N–H and O–H groups in total. The number of nitrogens with zero attached hydrogens (tertiary/aromatic N) is 1. The number of amides is 1. The van der Waals surface area contributed by atoms with Gasteiger partial charge in [0.15, 0.2) is 0 Å². The molecule has 1 aromatic carbocycles. The molecule has 6 nitrogen and oxygen atoms in total. The van der Waals surface area contributed by atoms with Crippen LogP contribution in [-0.4, -0.2) is 58.7 Å². The van der Waals surface area contributed by atoms with E-state index < -0.39 is 12.1 Å². The number of hydrogen-bond acceptors (Lipinski definition) is 3. The van der Waals surface area contributed by atoms with Crippen molar-refractivity contribution in [3.63, 3.8) is 0 Å². The van der Waals surface area contributed by atoms with Crippen LogP contribution in [-0.2, 0) is 4.79 Å². The van der Waals surface area contributed by atoms with Gasteiger partial charge in [-0.25, -0.2) is 4.79 Å². The smallest absolute Gasteiger partial charge is 0.475 e. The van der Waals surface area contributed by atoms with Crippen LogP contribution in [0.1, 0.15) is 23.3 Å². The molecule has 0 radical (unpaired) electrons. The Kier molecular flexibility index (Phi) is 5.41. The van der Waals surface area contributed by atoms with Gasteiger partial charge < -0.3 is 20.3 Å². The number of para-hydroxylation sites is 1. The van der Waals surface area contributed by atoms with Crippen LogP contribution in [0.5, 0.6) is 0 Å². The molecule has 146 valence electrons. The van der Waals surface area contributed by atoms with Gasteiger partial charge in [0.1, 0.15) is 5.69 Å². The molecular formula is C18H20F3N3O3. The number of likely N-dealkylation sites (tertiary alicyclic amines) is 1. The molecule has 9 heteroatoms. The largest absolute Gasteiger partial charge is 0.490 e. The van der Waals surface area contributed by atoms with E-state index in [1.54, 1.807) is 0 Å². The first-order valence-electron chi connectivity index (χ1n) is 8.66. The number of hydrogen-bond donors (Lipinski definition) is 3. The summed E-state index contributed by atoms with van der Waals surface area (Å²) in [5, 5.41) is 11.8. The number of piperidine rings is 1. The van der Waals surface area contributed by atoms with Crippen molar-refractivity contribution in [2.75, 3.05) is 19.6 Å². The number of H-pyrrole nitrogens is 1. The van der Waals surface area contributed by atoms with Gasteiger partial charge in [0.2, 0.25) is 0 Å². The number of carboxylic acids is 1. The second-order valence-electron chi connectivity index (χ2n) is 6.75. The van der Waals surface area contributed by atoms with E-state index in [0.717, 1.165) is 30.5 Å². The highest BCUT2D eigenvalue weighted by molar-refractivity contribution is 5.98. The molecule has 2 aliphatic heterocycles. The number of carbonyl (C=O) groups is 2. The van der Waals surface area contributed by atoms with E-state index in [4.69, 9.17) is 9.90 Å². The molecule has 2 aromatic rings. The number of carbonyl (C=O) groups excluding carboxylic acids is 1. The zero-order valence-corrected chi connectivity index (χ0v) is 14.4. The van der Waals surface area contributed by atoms with E-state index in [1.165, 1.54) is 12.8 Å². The lowest BCUT2D eigenvalue weighted by Gasteiger charge is -2.24. The Balaban J connectivity index is 0.000000260. The lowest BCUT2D eigenvalue weighted by Crippen LogP contribution is -2.41. The molecule has 1 amide bonds. The third-order valence-electron chi connectivity index (χ3n) is 4.89. The van der Waals surface area contributed by atoms with Crippen molar-refractivity contribution in [2.24, 2.45) is 5.92 Å². The van der Waals surface area contributed by atoms with Gasteiger partial charge in [-0.15, -0.1) is 0 Å². The SMILES string of the molecule is O=C(O)C(F)(F)F.O=C(c1cc2ccccc2[nH]1)N1CC2CCCNC2C1. The van der Waals surface area contributed by atoms with Crippen LogP contribution in [0.2, 0.25) is 0 Å². The highest BCUT2D eigenvalue weighted by atomic mass is 19.4. The van der Waals surface area contributed by atoms with Gasteiger partial charge in [0.25, 0.3) is 5.91 Å². The molecule has 1 aromatic heterocycles. The number of fused-ring (bicyclic) bond motifs is 2. The van der Waals surface area contributed by atoms with Gasteiger partial charge in [-0.3, -0.25) is 4.79 Å². The number of halogens is 3. The van der Waals surface area contributed by atoms with Gasteiger partial charge in [0, 0.05) is 30.0 Å². The van der Waals surface area contributed by atoms with Crippen LogP contribution in [0.15, 0.2) is 30.3 Å². The quantitative estimate of drug-likeness (QED) is 0.707. The summed E-state index contributed by atoms with van der Waals surface area (Å²) in [6.07, 6.45) is -2.61. The van der Waals surface area contributed by atoms with E-state index in [0.29, 0.717) is 17.7 Å². The predicted octanol–water partition coefficient (Wildman–Crippen LogP) is 2.63. The minimum atomic E-state index is -5.08. The van der Waals surface area contributed by atoms with E-state index in [9.17, 15) is 18.0 Å². The summed E-state index contributed by atoms with van der Waals surface area (Å²) in [6, 6.07) is 10.5. The molecule has 2 saturated heterocycles. The average Bonchev–Trinajstić information content (AvgIpc) is 3.24. The lowest BCUT2D eigenvalue weighted by molar-refractivity contribution is -0.192. The van der Waals surface area contributed by atoms with Gasteiger partial charge in [0.05, 0.1) is 0 Å². The van der Waals surface area contributed by atoms with Crippen molar-refractivity contribution in [3.05, 3.63) is 36.0 Å². The maximum Gasteiger partial charge on any atom is 0.490 e. The van der Waals surface area contributed by atoms with Crippen LogP contribution in [0, 0.1) is 5.92 Å². The van der Waals surface area contributed by atoms with Gasteiger partial charge >= 0.3 is 12.1 Å². The molecule has 0 bridgehead atoms. The Hall–Kier alpha value is -2.55. The fourth-order valence-electron chi connectivity index (χ4n) is 3.57. The topological polar surface area (TPSA) is 85.4 Å². The molecule has 0 saturated carbocycles. The van der Waals surface area contributed by atoms with Crippen LogP contribution in [0.4, 0.5) is 13.2 Å². The first-order chi connectivity index (χ1) is 12.8. The Bertz CT molecular complexity index is 787. The number of aromatic nitrogens is 1. The van der Waals surface area contributed by atoms with Crippen molar-refractivity contribution in [3.8, 4) is 0 Å². The van der Waals surface area contributed by atoms with Crippen molar-refractivity contribution < 1.29 is 27.9 Å². The first-order valence-corrected chi connectivity index (χ1v) is 8.66. The third kappa shape index (κ3) is 4.41. The van der Waals surface area contributed by atoms with Crippen molar-refractivity contribution in [1.29, 1.82) is 0 Å². The average molecular weight is 383 g/mol. The molecule has 0 aliphatic carbocycles. The molecule has 2 aliphatic rings. The van der Waals surface area contributed by atoms with E-state index in [-0.39, 0.29) is 5.91 Å². The van der Waals surface area contributed by atoms with Crippen molar-refractivity contribution >= 4 is 22.8 Å². The summed E-state index contributed by atoms with van der Waals surface area (Å²) in [4.78, 5) is 26.8. The Morgan fingerprint density at radius 1 is 1.19 bits per heavy atom. The molecule has 2 unspecified atom stereocenters. The zero-order chi connectivity index (χ0) is 19.6. The third-order valence-corrected chi connectivity index (χ3v) is 4.89. The zero-order valence-electron chi connectivity index (χ0n) is 14.4. The number of alkyl halides is 3. The van der Waals surface area contributed by atoms with Gasteiger partial charge in [-0.05, 0) is 37.4 Å². The number of benzene rings is 1.